The molecule has 0 saturated carbocycles. The summed E-state index contributed by atoms with van der Waals surface area (Å²) in [5.41, 5.74) is 10.5. The van der Waals surface area contributed by atoms with Gasteiger partial charge in [0.05, 0.1) is 24.8 Å². The highest BCUT2D eigenvalue weighted by Gasteiger charge is 2.27. The molecule has 1 aromatic heterocycles. The number of nitrogens with one attached hydrogen (secondary N) is 3. The monoisotopic (exact) mass is 491 g/mol. The van der Waals surface area contributed by atoms with Crippen LogP contribution in [0.4, 0.5) is 0 Å². The van der Waals surface area contributed by atoms with E-state index in [9.17, 15) is 29.4 Å². The van der Waals surface area contributed by atoms with Gasteiger partial charge in [-0.1, -0.05) is 30.3 Å². The Kier molecular flexibility index (Phi) is 9.84. The number of aliphatic hydroxyl groups is 1. The molecular weight excluding hydrogens is 462 g/mol. The number of carbonyl (C=O) groups is 3. The maximum atomic E-state index is 12.7. The molecule has 35 heavy (non-hydrogen) atoms. The van der Waals surface area contributed by atoms with Crippen molar-refractivity contribution in [2.45, 2.75) is 37.9 Å². The minimum Gasteiger partial charge on any atom is -0.493 e. The number of nitrogens with zero attached hydrogens (tertiary/aromatic N) is 2. The molecule has 2 atom stereocenters. The van der Waals surface area contributed by atoms with Gasteiger partial charge in [0, 0.05) is 6.54 Å². The van der Waals surface area contributed by atoms with E-state index in [4.69, 9.17) is 16.6 Å². The van der Waals surface area contributed by atoms with Crippen molar-refractivity contribution in [3.8, 4) is 5.88 Å². The molecule has 0 saturated heterocycles. The molecule has 0 aliphatic rings. The molecule has 0 aliphatic heterocycles. The van der Waals surface area contributed by atoms with Crippen LogP contribution in [-0.2, 0) is 27.3 Å². The van der Waals surface area contributed by atoms with Crippen molar-refractivity contribution < 1.29 is 29.7 Å². The summed E-state index contributed by atoms with van der Waals surface area (Å²) in [6, 6.07) is 6.18. The summed E-state index contributed by atoms with van der Waals surface area (Å²) in [5, 5.41) is 33.9. The van der Waals surface area contributed by atoms with Crippen LogP contribution in [0.5, 0.6) is 5.88 Å². The van der Waals surface area contributed by atoms with Gasteiger partial charge >= 0.3 is 11.7 Å². The van der Waals surface area contributed by atoms with Crippen molar-refractivity contribution in [2.24, 2.45) is 16.5 Å². The quantitative estimate of drug-likeness (QED) is 0.0868. The Bertz CT molecular complexity index is 1110. The molecule has 14 heteroatoms. The third-order valence-electron chi connectivity index (χ3n) is 4.94. The second-order valence-corrected chi connectivity index (χ2v) is 7.60. The van der Waals surface area contributed by atoms with E-state index in [1.165, 1.54) is 0 Å². The minimum absolute atomic E-state index is 0.0917. The number of carbonyl (C=O) groups excluding carboxylic acids is 2. The number of aliphatic hydroxyl groups excluding tert-OH is 1. The molecule has 10 N–H and O–H groups in total. The first-order valence-corrected chi connectivity index (χ1v) is 10.7. The predicted octanol–water partition coefficient (Wildman–Crippen LogP) is -2.10. The number of aromatic hydroxyl groups is 1. The van der Waals surface area contributed by atoms with Crippen molar-refractivity contribution in [2.75, 3.05) is 13.2 Å². The number of aliphatic carboxylic acids is 1. The molecule has 0 unspecified atom stereocenters. The molecule has 190 valence electrons. The number of amides is 2. The molecule has 0 spiro atoms. The van der Waals surface area contributed by atoms with Crippen LogP contribution in [0.25, 0.3) is 0 Å². The van der Waals surface area contributed by atoms with Gasteiger partial charge in [0.25, 0.3) is 0 Å². The number of nitrogens with two attached hydrogens (primary N) is 2. The molecule has 1 heterocycles. The topological polar surface area (TPSA) is 238 Å². The zero-order valence-corrected chi connectivity index (χ0v) is 18.8. The smallest absolute Gasteiger partial charge is 0.329 e. The van der Waals surface area contributed by atoms with Crippen LogP contribution in [0.2, 0.25) is 0 Å². The van der Waals surface area contributed by atoms with E-state index in [0.29, 0.717) is 12.0 Å². The van der Waals surface area contributed by atoms with E-state index in [1.54, 1.807) is 30.3 Å². The van der Waals surface area contributed by atoms with Gasteiger partial charge in [-0.05, 0) is 18.4 Å². The zero-order valence-electron chi connectivity index (χ0n) is 18.8. The van der Waals surface area contributed by atoms with Crippen LogP contribution < -0.4 is 27.8 Å². The maximum absolute atomic E-state index is 12.7. The van der Waals surface area contributed by atoms with Crippen LogP contribution in [0.3, 0.4) is 0 Å². The second-order valence-electron chi connectivity index (χ2n) is 7.60. The van der Waals surface area contributed by atoms with Gasteiger partial charge in [-0.2, -0.15) is 0 Å². The summed E-state index contributed by atoms with van der Waals surface area (Å²) in [5.74, 6) is -3.63. The van der Waals surface area contributed by atoms with Gasteiger partial charge in [0.15, 0.2) is 5.96 Å². The molecule has 2 aromatic rings. The van der Waals surface area contributed by atoms with Crippen molar-refractivity contribution in [1.29, 1.82) is 0 Å². The van der Waals surface area contributed by atoms with E-state index in [0.717, 1.165) is 4.57 Å². The summed E-state index contributed by atoms with van der Waals surface area (Å²) in [6.07, 6.45) is -0.112. The Morgan fingerprint density at radius 1 is 1.14 bits per heavy atom. The lowest BCUT2D eigenvalue weighted by atomic mass is 10.1. The summed E-state index contributed by atoms with van der Waals surface area (Å²) in [4.78, 5) is 54.9. The normalized spacial score (nSPS) is 12.4. The zero-order chi connectivity index (χ0) is 26.0. The molecule has 0 radical (unpaired) electrons. The average molecular weight is 492 g/mol. The number of rotatable bonds is 13. The van der Waals surface area contributed by atoms with E-state index in [1.807, 2.05) is 0 Å². The summed E-state index contributed by atoms with van der Waals surface area (Å²) in [6.45, 7) is -0.859. The van der Waals surface area contributed by atoms with Crippen molar-refractivity contribution in [3.63, 3.8) is 0 Å². The molecular formula is C21H29N7O7. The van der Waals surface area contributed by atoms with Gasteiger partial charge in [-0.15, -0.1) is 0 Å². The van der Waals surface area contributed by atoms with Gasteiger partial charge in [-0.3, -0.25) is 23.9 Å². The van der Waals surface area contributed by atoms with Crippen LogP contribution in [-0.4, -0.2) is 67.8 Å². The molecule has 0 bridgehead atoms. The summed E-state index contributed by atoms with van der Waals surface area (Å²) >= 11 is 0. The highest BCUT2D eigenvalue weighted by Crippen LogP contribution is 2.15. The third-order valence-corrected chi connectivity index (χ3v) is 4.94. The lowest BCUT2D eigenvalue weighted by molar-refractivity contribution is -0.140. The Morgan fingerprint density at radius 3 is 2.43 bits per heavy atom. The number of imidazole rings is 1. The molecule has 1 aromatic carbocycles. The minimum atomic E-state index is -1.49. The van der Waals surface area contributed by atoms with Crippen LogP contribution >= 0.6 is 0 Å². The van der Waals surface area contributed by atoms with Gasteiger partial charge in [0.1, 0.15) is 12.6 Å². The number of guanidine groups is 1. The molecule has 0 fully saturated rings. The molecule has 2 rings (SSSR count). The number of carboxylic acids is 1. The number of aromatic amines is 1. The number of benzene rings is 1. The van der Waals surface area contributed by atoms with Gasteiger partial charge < -0.3 is 42.4 Å². The Morgan fingerprint density at radius 2 is 1.83 bits per heavy atom. The molecule has 14 nitrogen and oxygen atoms in total. The first-order chi connectivity index (χ1) is 16.6. The lowest BCUT2D eigenvalue weighted by Crippen LogP contribution is -2.50. The van der Waals surface area contributed by atoms with E-state index >= 15 is 0 Å². The maximum Gasteiger partial charge on any atom is 0.329 e. The molecule has 2 amide bonds. The van der Waals surface area contributed by atoms with Crippen molar-refractivity contribution >= 4 is 23.7 Å². The molecule has 0 aliphatic carbocycles. The SMILES string of the molecule is NC(N)=NCCCc1[nH]c(=O)n(CC(=O)N[C@@H](CC(=O)O)C(=O)N[C@H](CO)c2ccccc2)c1O. The number of carboxylic acid groups (broad SMARTS) is 1. The lowest BCUT2D eigenvalue weighted by Gasteiger charge is -2.22. The number of aromatic nitrogens is 2. The van der Waals surface area contributed by atoms with E-state index < -0.39 is 61.0 Å². The van der Waals surface area contributed by atoms with E-state index in [-0.39, 0.29) is 24.6 Å². The standard InChI is InChI=1S/C21H29N7O7/c22-20(23)24-8-4-7-13-19(34)28(21(35)27-13)10-16(30)25-14(9-17(31)32)18(33)26-15(11-29)12-5-2-1-3-6-12/h1-3,5-6,14-15,29,34H,4,7-11H2,(H,25,30)(H,26,33)(H,27,35)(H,31,32)(H4,22,23,24)/t14-,15+/m0/s1. The summed E-state index contributed by atoms with van der Waals surface area (Å²) < 4.78 is 0.751. The average Bonchev–Trinajstić information content (AvgIpc) is 3.07. The fourth-order valence-electron chi connectivity index (χ4n) is 3.26. The fourth-order valence-corrected chi connectivity index (χ4v) is 3.26. The number of H-pyrrole nitrogens is 1. The summed E-state index contributed by atoms with van der Waals surface area (Å²) in [7, 11) is 0. The van der Waals surface area contributed by atoms with Crippen molar-refractivity contribution in [1.82, 2.24) is 20.2 Å². The number of hydrogen-bond acceptors (Lipinski definition) is 7. The number of aliphatic imine (C=N–C) groups is 1. The van der Waals surface area contributed by atoms with E-state index in [2.05, 4.69) is 20.6 Å². The highest BCUT2D eigenvalue weighted by atomic mass is 16.4. The number of aryl methyl sites for hydroxylation is 1. The fraction of sp³-hybridized carbons (Fsp3) is 0.381. The Balaban J connectivity index is 2.07. The highest BCUT2D eigenvalue weighted by molar-refractivity contribution is 5.90. The van der Waals surface area contributed by atoms with Crippen molar-refractivity contribution in [3.05, 3.63) is 52.1 Å². The third kappa shape index (κ3) is 8.19. The number of hydrogen-bond donors (Lipinski definition) is 8. The van der Waals surface area contributed by atoms with Crippen LogP contribution in [0, 0.1) is 0 Å². The first kappa shape index (κ1) is 26.9. The van der Waals surface area contributed by atoms with Gasteiger partial charge in [0.2, 0.25) is 17.7 Å². The van der Waals surface area contributed by atoms with Crippen LogP contribution in [0.1, 0.15) is 30.1 Å². The largest absolute Gasteiger partial charge is 0.493 e. The van der Waals surface area contributed by atoms with Gasteiger partial charge in [-0.25, -0.2) is 4.79 Å². The van der Waals surface area contributed by atoms with Crippen LogP contribution in [0.15, 0.2) is 40.1 Å². The predicted molar refractivity (Wildman–Crippen MR) is 124 cm³/mol. The Hall–Kier alpha value is -4.33. The first-order valence-electron chi connectivity index (χ1n) is 10.7. The second kappa shape index (κ2) is 12.8. The Labute approximate surface area is 199 Å².